The molecule has 5 unspecified atom stereocenters. The van der Waals surface area contributed by atoms with Gasteiger partial charge in [0.1, 0.15) is 46.2 Å². The molecular weight excluding hydrogens is 790 g/mol. The number of carbonyl (C=O) groups excluding carboxylic acids is 4. The Morgan fingerprint density at radius 2 is 1.78 bits per heavy atom. The quantitative estimate of drug-likeness (QED) is 0.156. The van der Waals surface area contributed by atoms with E-state index in [1.165, 1.54) is 18.1 Å². The molecule has 5 atom stereocenters. The number of hydrogen-bond acceptors (Lipinski definition) is 11. The molecule has 3 fully saturated rings. The summed E-state index contributed by atoms with van der Waals surface area (Å²) in [7, 11) is -2.41. The van der Waals surface area contributed by atoms with Gasteiger partial charge in [-0.2, -0.15) is 0 Å². The zero-order valence-electron chi connectivity index (χ0n) is 33.4. The minimum atomic E-state index is -3.94. The third-order valence-corrected chi connectivity index (χ3v) is 12.7. The van der Waals surface area contributed by atoms with Crippen LogP contribution in [-0.4, -0.2) is 90.3 Å². The topological polar surface area (TPSA) is 195 Å². The number of fused-ring (bicyclic) bond motifs is 5. The minimum Gasteiger partial charge on any atom is -0.497 e. The lowest BCUT2D eigenvalue weighted by Gasteiger charge is -2.36. The maximum atomic E-state index is 14.7. The first-order chi connectivity index (χ1) is 27.1. The van der Waals surface area contributed by atoms with E-state index in [0.29, 0.717) is 56.5 Å². The largest absolute Gasteiger partial charge is 0.497 e. The van der Waals surface area contributed by atoms with Crippen molar-refractivity contribution in [2.75, 3.05) is 13.7 Å². The van der Waals surface area contributed by atoms with E-state index in [2.05, 4.69) is 21.9 Å². The summed E-state index contributed by atoms with van der Waals surface area (Å²) in [6, 6.07) is 8.17. The summed E-state index contributed by atoms with van der Waals surface area (Å²) >= 11 is 6.37. The molecule has 3 heterocycles. The van der Waals surface area contributed by atoms with Gasteiger partial charge < -0.3 is 34.2 Å². The molecule has 1 aliphatic heterocycles. The maximum Gasteiger partial charge on any atom is 0.408 e. The van der Waals surface area contributed by atoms with Crippen molar-refractivity contribution in [3.8, 4) is 11.6 Å². The fourth-order valence-electron chi connectivity index (χ4n) is 7.42. The van der Waals surface area contributed by atoms with E-state index < -0.39 is 79.7 Å². The number of methoxy groups -OCH3 is 1. The standard InChI is InChI=1S/C41H48ClN5O10S/c1-9-21-19-41(21,37(50)46-58(52,53)25-12-13-25)45-34(48)29-18-24(20-47(29)36(49)33(39(2,3)4)44-38(51)57-40(5,6)7)55-35-27-17-23(54-8)11-14-26(27)32-31(43-35)28-16-22(42)10-15-30(28)56-32/h9-11,14-17,21,24-25,29,33H,1,12-13,18-20H2,2-8H3,(H,44,51)(H,45,48)(H,46,50). The minimum absolute atomic E-state index is 0.0547. The van der Waals surface area contributed by atoms with Crippen molar-refractivity contribution in [2.24, 2.45) is 11.3 Å². The maximum absolute atomic E-state index is 14.7. The first-order valence-electron chi connectivity index (χ1n) is 19.1. The first-order valence-corrected chi connectivity index (χ1v) is 21.0. The van der Waals surface area contributed by atoms with Crippen molar-refractivity contribution in [3.05, 3.63) is 54.1 Å². The zero-order valence-corrected chi connectivity index (χ0v) is 35.0. The zero-order chi connectivity index (χ0) is 42.1. The number of furan rings is 1. The van der Waals surface area contributed by atoms with Crippen LogP contribution >= 0.6 is 11.6 Å². The van der Waals surface area contributed by atoms with Gasteiger partial charge in [0.05, 0.1) is 24.3 Å². The van der Waals surface area contributed by atoms with E-state index in [1.807, 2.05) is 6.07 Å². The van der Waals surface area contributed by atoms with E-state index >= 15 is 0 Å². The van der Waals surface area contributed by atoms with Gasteiger partial charge >= 0.3 is 6.09 Å². The lowest BCUT2D eigenvalue weighted by Crippen LogP contribution is -2.60. The van der Waals surface area contributed by atoms with Crippen LogP contribution in [0.1, 0.15) is 67.2 Å². The van der Waals surface area contributed by atoms with Crippen molar-refractivity contribution >= 4 is 78.3 Å². The Balaban J connectivity index is 1.26. The van der Waals surface area contributed by atoms with Gasteiger partial charge in [-0.25, -0.2) is 18.2 Å². The average Bonchev–Trinajstić information content (AvgIpc) is 4.05. The number of sulfonamides is 1. The SMILES string of the molecule is C=CC1CC1(NC(=O)C1CC(Oc2nc3c4cc(Cl)ccc4oc3c3ccc(OC)cc23)CN1C(=O)C(NC(=O)OC(C)(C)C)C(C)(C)C)C(=O)NS(=O)(=O)C1CC1. The predicted molar refractivity (Wildman–Crippen MR) is 217 cm³/mol. The number of carbonyl (C=O) groups is 4. The van der Waals surface area contributed by atoms with Crippen LogP contribution < -0.4 is 24.8 Å². The molecule has 2 aliphatic carbocycles. The van der Waals surface area contributed by atoms with Crippen LogP contribution in [0.2, 0.25) is 5.02 Å². The van der Waals surface area contributed by atoms with Crippen molar-refractivity contribution < 1.29 is 46.2 Å². The molecule has 4 aromatic rings. The van der Waals surface area contributed by atoms with Crippen LogP contribution in [0.3, 0.4) is 0 Å². The molecule has 58 heavy (non-hydrogen) atoms. The van der Waals surface area contributed by atoms with Crippen LogP contribution in [0.25, 0.3) is 32.8 Å². The highest BCUT2D eigenvalue weighted by molar-refractivity contribution is 7.91. The van der Waals surface area contributed by atoms with Crippen molar-refractivity contribution in [1.29, 1.82) is 0 Å². The molecule has 310 valence electrons. The predicted octanol–water partition coefficient (Wildman–Crippen LogP) is 5.75. The number of amides is 4. The van der Waals surface area contributed by atoms with Crippen LogP contribution in [-0.2, 0) is 29.1 Å². The third-order valence-electron chi connectivity index (χ3n) is 10.7. The second-order valence-corrected chi connectivity index (χ2v) is 19.8. The Morgan fingerprint density at radius 1 is 1.05 bits per heavy atom. The second kappa shape index (κ2) is 14.6. The molecule has 3 aliphatic rings. The molecule has 0 radical (unpaired) electrons. The van der Waals surface area contributed by atoms with E-state index in [0.717, 1.165) is 0 Å². The monoisotopic (exact) mass is 837 g/mol. The summed E-state index contributed by atoms with van der Waals surface area (Å²) in [4.78, 5) is 62.1. The number of rotatable bonds is 11. The Morgan fingerprint density at radius 3 is 2.40 bits per heavy atom. The van der Waals surface area contributed by atoms with E-state index in [-0.39, 0.29) is 25.3 Å². The third kappa shape index (κ3) is 8.00. The van der Waals surface area contributed by atoms with Gasteiger partial charge in [0, 0.05) is 28.1 Å². The van der Waals surface area contributed by atoms with Crippen LogP contribution in [0, 0.1) is 11.3 Å². The molecule has 15 nitrogen and oxygen atoms in total. The number of likely N-dealkylation sites (tertiary alicyclic amines) is 1. The lowest BCUT2D eigenvalue weighted by atomic mass is 9.85. The fraction of sp³-hybridized carbons (Fsp3) is 0.488. The highest BCUT2D eigenvalue weighted by Crippen LogP contribution is 2.46. The number of halogens is 1. The normalized spacial score (nSPS) is 22.7. The van der Waals surface area contributed by atoms with Crippen molar-refractivity contribution in [2.45, 2.75) is 102 Å². The van der Waals surface area contributed by atoms with Gasteiger partial charge in [0.2, 0.25) is 27.7 Å². The highest BCUT2D eigenvalue weighted by atomic mass is 35.5. The molecular formula is C41H48ClN5O10S. The summed E-state index contributed by atoms with van der Waals surface area (Å²) in [5.74, 6) is -2.04. The molecule has 2 aromatic carbocycles. The summed E-state index contributed by atoms with van der Waals surface area (Å²) in [5.41, 5.74) is -1.78. The van der Waals surface area contributed by atoms with Gasteiger partial charge in [-0.1, -0.05) is 38.4 Å². The van der Waals surface area contributed by atoms with E-state index in [1.54, 1.807) is 71.9 Å². The summed E-state index contributed by atoms with van der Waals surface area (Å²) in [5, 5.41) is 7.18. The van der Waals surface area contributed by atoms with Gasteiger partial charge in [-0.15, -0.1) is 6.58 Å². The van der Waals surface area contributed by atoms with Gasteiger partial charge in [0.15, 0.2) is 5.58 Å². The lowest BCUT2D eigenvalue weighted by molar-refractivity contribution is -0.143. The fourth-order valence-corrected chi connectivity index (χ4v) is 8.96. The number of ether oxygens (including phenoxy) is 3. The molecule has 1 saturated heterocycles. The molecule has 4 amide bonds. The van der Waals surface area contributed by atoms with Crippen molar-refractivity contribution in [1.82, 2.24) is 25.2 Å². The van der Waals surface area contributed by atoms with E-state index in [9.17, 15) is 27.6 Å². The number of nitrogens with one attached hydrogen (secondary N) is 3. The molecule has 7 rings (SSSR count). The average molecular weight is 838 g/mol. The Labute approximate surface area is 341 Å². The van der Waals surface area contributed by atoms with Crippen LogP contribution in [0.4, 0.5) is 4.79 Å². The number of hydrogen-bond donors (Lipinski definition) is 3. The van der Waals surface area contributed by atoms with Gasteiger partial charge in [-0.05, 0) is 81.8 Å². The molecule has 0 spiro atoms. The number of alkyl carbamates (subject to hydrolysis) is 1. The smallest absolute Gasteiger partial charge is 0.408 e. The number of benzene rings is 2. The summed E-state index contributed by atoms with van der Waals surface area (Å²) in [6.07, 6.45) is 0.765. The molecule has 2 aromatic heterocycles. The Kier molecular flexibility index (Phi) is 10.4. The first kappa shape index (κ1) is 41.1. The summed E-state index contributed by atoms with van der Waals surface area (Å²) < 4.78 is 51.7. The van der Waals surface area contributed by atoms with Crippen LogP contribution in [0.15, 0.2) is 53.5 Å². The van der Waals surface area contributed by atoms with Crippen LogP contribution in [0.5, 0.6) is 11.6 Å². The molecule has 17 heteroatoms. The van der Waals surface area contributed by atoms with Crippen molar-refractivity contribution in [3.63, 3.8) is 0 Å². The van der Waals surface area contributed by atoms with E-state index in [4.69, 9.17) is 35.2 Å². The number of aromatic nitrogens is 1. The molecule has 3 N–H and O–H groups in total. The van der Waals surface area contributed by atoms with Gasteiger partial charge in [-0.3, -0.25) is 19.1 Å². The molecule has 2 saturated carbocycles. The molecule has 0 bridgehead atoms. The Hall–Kier alpha value is -5.09. The van der Waals surface area contributed by atoms with Gasteiger partial charge in [0.25, 0.3) is 5.91 Å². The number of nitrogens with zero attached hydrogens (tertiary/aromatic N) is 2. The number of pyridine rings is 1. The Bertz CT molecular complexity index is 2470. The summed E-state index contributed by atoms with van der Waals surface area (Å²) in [6.45, 7) is 14.1. The highest BCUT2D eigenvalue weighted by Gasteiger charge is 2.62. The second-order valence-electron chi connectivity index (χ2n) is 17.4.